The second-order valence-corrected chi connectivity index (χ2v) is 10.7. The number of hydrogen-bond acceptors (Lipinski definition) is 8. The van der Waals surface area contributed by atoms with Gasteiger partial charge in [0.15, 0.2) is 0 Å². The minimum absolute atomic E-state index is 0.120. The average molecular weight is 626 g/mol. The van der Waals surface area contributed by atoms with Gasteiger partial charge in [-0.3, -0.25) is 30.0 Å². The van der Waals surface area contributed by atoms with Gasteiger partial charge in [0.25, 0.3) is 0 Å². The standard InChI is InChI=1S/C29H32BrN5O4.CH5N/c1-4-5-26(37)35(24-14-17(2)22(30)15-21(24)18-6-7-18)25-13-12-23(32-3)27(34-25)28(31)39-20-10-8-19(9-11-20)29(38)33-16-36;1-2/h12-16,18-20,31-32H,6-11H2,1-3H3,(H,33,36,38);2H2,1H3. The Labute approximate surface area is 249 Å². The summed E-state index contributed by atoms with van der Waals surface area (Å²) in [4.78, 5) is 42.2. The van der Waals surface area contributed by atoms with Gasteiger partial charge in [-0.2, -0.15) is 0 Å². The van der Waals surface area contributed by atoms with Crippen LogP contribution in [0.2, 0.25) is 0 Å². The Morgan fingerprint density at radius 1 is 1.17 bits per heavy atom. The zero-order valence-electron chi connectivity index (χ0n) is 23.8. The van der Waals surface area contributed by atoms with E-state index < -0.39 is 5.91 Å². The van der Waals surface area contributed by atoms with E-state index in [1.165, 1.54) is 11.9 Å². The monoisotopic (exact) mass is 624 g/mol. The number of pyridine rings is 1. The van der Waals surface area contributed by atoms with Crippen LogP contribution in [0.3, 0.4) is 0 Å². The van der Waals surface area contributed by atoms with Gasteiger partial charge in [0.1, 0.15) is 17.6 Å². The fourth-order valence-electron chi connectivity index (χ4n) is 4.89. The number of carbonyl (C=O) groups excluding carboxylic acids is 3. The minimum atomic E-state index is -0.406. The van der Waals surface area contributed by atoms with E-state index in [1.807, 2.05) is 13.0 Å². The summed E-state index contributed by atoms with van der Waals surface area (Å²) in [5.41, 5.74) is 8.14. The van der Waals surface area contributed by atoms with Crippen molar-refractivity contribution in [3.63, 3.8) is 0 Å². The predicted molar refractivity (Wildman–Crippen MR) is 163 cm³/mol. The second-order valence-electron chi connectivity index (χ2n) is 9.81. The summed E-state index contributed by atoms with van der Waals surface area (Å²) < 4.78 is 6.99. The summed E-state index contributed by atoms with van der Waals surface area (Å²) in [6, 6.07) is 7.56. The molecule has 0 unspecified atom stereocenters. The summed E-state index contributed by atoms with van der Waals surface area (Å²) in [7, 11) is 3.24. The highest BCUT2D eigenvalue weighted by molar-refractivity contribution is 9.10. The molecule has 5 N–H and O–H groups in total. The highest BCUT2D eigenvalue weighted by Gasteiger charge is 2.32. The number of anilines is 3. The van der Waals surface area contributed by atoms with E-state index in [2.05, 4.69) is 50.2 Å². The Morgan fingerprint density at radius 3 is 2.44 bits per heavy atom. The fraction of sp³-hybridized carbons (Fsp3) is 0.433. The first-order valence-electron chi connectivity index (χ1n) is 13.6. The van der Waals surface area contributed by atoms with Gasteiger partial charge in [-0.15, -0.1) is 0 Å². The number of halogens is 1. The van der Waals surface area contributed by atoms with Crippen molar-refractivity contribution in [3.8, 4) is 11.8 Å². The lowest BCUT2D eigenvalue weighted by Gasteiger charge is -2.28. The van der Waals surface area contributed by atoms with E-state index >= 15 is 0 Å². The van der Waals surface area contributed by atoms with Gasteiger partial charge < -0.3 is 15.8 Å². The Morgan fingerprint density at radius 2 is 1.85 bits per heavy atom. The van der Waals surface area contributed by atoms with Crippen molar-refractivity contribution in [1.29, 1.82) is 5.41 Å². The first kappa shape index (κ1) is 31.8. The molecule has 2 aromatic rings. The number of hydrogen-bond donors (Lipinski definition) is 4. The minimum Gasteiger partial charge on any atom is -0.473 e. The Balaban J connectivity index is 0.00000226. The van der Waals surface area contributed by atoms with Crippen LogP contribution in [-0.4, -0.2) is 49.3 Å². The Hall–Kier alpha value is -3.75. The third kappa shape index (κ3) is 7.71. The fourth-order valence-corrected chi connectivity index (χ4v) is 5.25. The van der Waals surface area contributed by atoms with Crippen molar-refractivity contribution in [3.05, 3.63) is 45.6 Å². The van der Waals surface area contributed by atoms with Crippen LogP contribution in [0.15, 0.2) is 28.7 Å². The summed E-state index contributed by atoms with van der Waals surface area (Å²) in [5, 5.41) is 14.0. The molecule has 218 valence electrons. The molecule has 0 aliphatic heterocycles. The molecule has 0 saturated heterocycles. The lowest BCUT2D eigenvalue weighted by atomic mass is 9.87. The molecule has 3 amide bonds. The van der Waals surface area contributed by atoms with Crippen LogP contribution in [0, 0.1) is 30.1 Å². The quantitative estimate of drug-likeness (QED) is 0.146. The van der Waals surface area contributed by atoms with E-state index in [1.54, 1.807) is 26.1 Å². The highest BCUT2D eigenvalue weighted by Crippen LogP contribution is 2.47. The topological polar surface area (TPSA) is 150 Å². The van der Waals surface area contributed by atoms with E-state index in [0.717, 1.165) is 34.1 Å². The van der Waals surface area contributed by atoms with Gasteiger partial charge in [0.2, 0.25) is 18.2 Å². The number of aryl methyl sites for hydroxylation is 1. The number of nitrogens with two attached hydrogens (primary N) is 1. The van der Waals surface area contributed by atoms with Crippen LogP contribution in [0.25, 0.3) is 0 Å². The molecule has 2 saturated carbocycles. The molecule has 0 bridgehead atoms. The molecule has 0 spiro atoms. The van der Waals surface area contributed by atoms with Crippen molar-refractivity contribution in [2.75, 3.05) is 24.3 Å². The molecule has 1 heterocycles. The maximum Gasteiger partial charge on any atom is 0.308 e. The molecule has 1 aromatic carbocycles. The predicted octanol–water partition coefficient (Wildman–Crippen LogP) is 4.51. The molecule has 2 aliphatic rings. The number of benzene rings is 1. The van der Waals surface area contributed by atoms with Crippen molar-refractivity contribution in [1.82, 2.24) is 10.3 Å². The molecule has 0 atom stereocenters. The third-order valence-electron chi connectivity index (χ3n) is 7.13. The van der Waals surface area contributed by atoms with Gasteiger partial charge in [-0.1, -0.05) is 21.9 Å². The van der Waals surface area contributed by atoms with Crippen molar-refractivity contribution >= 4 is 57.2 Å². The molecule has 2 aliphatic carbocycles. The number of carbonyl (C=O) groups is 3. The smallest absolute Gasteiger partial charge is 0.308 e. The lowest BCUT2D eigenvalue weighted by Crippen LogP contribution is -2.34. The van der Waals surface area contributed by atoms with E-state index in [4.69, 9.17) is 15.1 Å². The second kappa shape index (κ2) is 14.8. The van der Waals surface area contributed by atoms with Gasteiger partial charge in [-0.05, 0) is 107 Å². The first-order chi connectivity index (χ1) is 19.8. The SMILES string of the molecule is CC#CC(=O)N(c1ccc(NC)c(C(=N)OC2CCC(C(=O)NC=O)CC2)n1)c1cc(C)c(Br)cc1C1CC1.CN. The zero-order valence-corrected chi connectivity index (χ0v) is 25.4. The zero-order chi connectivity index (χ0) is 30.1. The number of amides is 3. The van der Waals surface area contributed by atoms with Gasteiger partial charge in [0, 0.05) is 17.4 Å². The van der Waals surface area contributed by atoms with Gasteiger partial charge >= 0.3 is 5.91 Å². The summed E-state index contributed by atoms with van der Waals surface area (Å²) in [6.07, 6.45) is 4.54. The number of nitrogens with one attached hydrogen (secondary N) is 3. The number of imide groups is 1. The van der Waals surface area contributed by atoms with Crippen molar-refractivity contribution < 1.29 is 19.1 Å². The van der Waals surface area contributed by atoms with Crippen LogP contribution in [-0.2, 0) is 19.1 Å². The largest absolute Gasteiger partial charge is 0.473 e. The number of rotatable bonds is 8. The summed E-state index contributed by atoms with van der Waals surface area (Å²) in [6.45, 7) is 3.59. The average Bonchev–Trinajstić information content (AvgIpc) is 3.82. The molecule has 0 radical (unpaired) electrons. The lowest BCUT2D eigenvalue weighted by molar-refractivity contribution is -0.129. The molecular weight excluding hydrogens is 588 g/mol. The van der Waals surface area contributed by atoms with E-state index in [0.29, 0.717) is 49.5 Å². The van der Waals surface area contributed by atoms with Crippen LogP contribution >= 0.6 is 15.9 Å². The van der Waals surface area contributed by atoms with Crippen LogP contribution in [0.5, 0.6) is 0 Å². The molecule has 4 rings (SSSR count). The van der Waals surface area contributed by atoms with Crippen LogP contribution < -0.4 is 21.3 Å². The third-order valence-corrected chi connectivity index (χ3v) is 7.98. The number of ether oxygens (including phenoxy) is 1. The van der Waals surface area contributed by atoms with E-state index in [9.17, 15) is 14.4 Å². The first-order valence-corrected chi connectivity index (χ1v) is 14.4. The number of nitrogens with zero attached hydrogens (tertiary/aromatic N) is 2. The molecular formula is C30H37BrN6O4. The Kier molecular flexibility index (Phi) is 11.4. The van der Waals surface area contributed by atoms with E-state index in [-0.39, 0.29) is 29.5 Å². The molecule has 11 heteroatoms. The molecule has 1 aromatic heterocycles. The molecule has 41 heavy (non-hydrogen) atoms. The maximum atomic E-state index is 13.4. The summed E-state index contributed by atoms with van der Waals surface area (Å²) in [5.74, 6) is 5.03. The Bertz CT molecular complexity index is 1360. The number of aromatic nitrogens is 1. The van der Waals surface area contributed by atoms with Crippen LogP contribution in [0.1, 0.15) is 68.2 Å². The maximum absolute atomic E-state index is 13.4. The van der Waals surface area contributed by atoms with Crippen LogP contribution in [0.4, 0.5) is 17.2 Å². The normalized spacial score (nSPS) is 17.5. The molecule has 2 fully saturated rings. The van der Waals surface area contributed by atoms with Gasteiger partial charge in [-0.25, -0.2) is 4.98 Å². The summed E-state index contributed by atoms with van der Waals surface area (Å²) >= 11 is 3.63. The van der Waals surface area contributed by atoms with Crippen molar-refractivity contribution in [2.24, 2.45) is 11.7 Å². The highest BCUT2D eigenvalue weighted by atomic mass is 79.9. The molecule has 10 nitrogen and oxygen atoms in total. The van der Waals surface area contributed by atoms with Crippen molar-refractivity contribution in [2.45, 2.75) is 64.4 Å². The van der Waals surface area contributed by atoms with Gasteiger partial charge in [0.05, 0.1) is 11.4 Å².